The zero-order valence-electron chi connectivity index (χ0n) is 6.95. The van der Waals surface area contributed by atoms with E-state index in [9.17, 15) is 9.59 Å². The summed E-state index contributed by atoms with van der Waals surface area (Å²) in [5.74, 6) is -1.09. The topological polar surface area (TPSA) is 66.8 Å². The number of fused-ring (bicyclic) bond motifs is 1. The molecular weight excluding hydrogens is 174 g/mol. The lowest BCUT2D eigenvalue weighted by Gasteiger charge is -2.25. The molecule has 1 fully saturated rings. The molecule has 0 aromatic rings. The van der Waals surface area contributed by atoms with E-state index in [1.54, 1.807) is 0 Å². The number of nitrogens with zero attached hydrogens (tertiary/aromatic N) is 1. The van der Waals surface area contributed by atoms with E-state index in [0.717, 1.165) is 0 Å². The van der Waals surface area contributed by atoms with E-state index in [4.69, 9.17) is 9.84 Å². The number of hydrogen-bond donors (Lipinski definition) is 1. The van der Waals surface area contributed by atoms with E-state index in [2.05, 4.69) is 0 Å². The Bertz CT molecular complexity index is 307. The highest BCUT2D eigenvalue weighted by molar-refractivity contribution is 5.91. The second-order valence-corrected chi connectivity index (χ2v) is 3.02. The van der Waals surface area contributed by atoms with Gasteiger partial charge in [0.25, 0.3) is 5.91 Å². The number of hydrogen-bond acceptors (Lipinski definition) is 3. The summed E-state index contributed by atoms with van der Waals surface area (Å²) in [5, 5.41) is 8.79. The molecule has 0 spiro atoms. The Morgan fingerprint density at radius 3 is 2.92 bits per heavy atom. The summed E-state index contributed by atoms with van der Waals surface area (Å²) in [6.45, 7) is 0.795. The van der Waals surface area contributed by atoms with Crippen molar-refractivity contribution >= 4 is 11.9 Å². The Kier molecular flexibility index (Phi) is 1.81. The fraction of sp³-hybridized carbons (Fsp3) is 0.500. The molecule has 5 heteroatoms. The maximum atomic E-state index is 11.2. The largest absolute Gasteiger partial charge is 0.478 e. The molecule has 2 aliphatic rings. The molecule has 0 aromatic carbocycles. The predicted molar refractivity (Wildman–Crippen MR) is 41.8 cm³/mol. The summed E-state index contributed by atoms with van der Waals surface area (Å²) >= 11 is 0. The monoisotopic (exact) mass is 183 g/mol. The summed E-state index contributed by atoms with van der Waals surface area (Å²) in [6, 6.07) is 0. The lowest BCUT2D eigenvalue weighted by atomic mass is 10.2. The van der Waals surface area contributed by atoms with Gasteiger partial charge in [-0.05, 0) is 6.42 Å². The Hall–Kier alpha value is -1.36. The Morgan fingerprint density at radius 1 is 1.46 bits per heavy atom. The Labute approximate surface area is 74.6 Å². The van der Waals surface area contributed by atoms with Crippen LogP contribution in [0.1, 0.15) is 6.42 Å². The molecule has 5 nitrogen and oxygen atoms in total. The van der Waals surface area contributed by atoms with Crippen molar-refractivity contribution in [2.24, 2.45) is 0 Å². The van der Waals surface area contributed by atoms with E-state index in [1.807, 2.05) is 0 Å². The van der Waals surface area contributed by atoms with Crippen molar-refractivity contribution < 1.29 is 19.4 Å². The van der Waals surface area contributed by atoms with Crippen molar-refractivity contribution in [3.8, 4) is 0 Å². The number of carboxylic acid groups (broad SMARTS) is 1. The second-order valence-electron chi connectivity index (χ2n) is 3.02. The fourth-order valence-electron chi connectivity index (χ4n) is 1.65. The van der Waals surface area contributed by atoms with Crippen molar-refractivity contribution in [3.05, 3.63) is 11.3 Å². The molecule has 13 heavy (non-hydrogen) atoms. The number of ether oxygens (including phenoxy) is 1. The highest BCUT2D eigenvalue weighted by Gasteiger charge is 2.33. The van der Waals surface area contributed by atoms with Gasteiger partial charge in [-0.3, -0.25) is 4.79 Å². The quantitative estimate of drug-likeness (QED) is 0.600. The number of rotatable bonds is 1. The summed E-state index contributed by atoms with van der Waals surface area (Å²) in [6.07, 6.45) is 0.430. The van der Waals surface area contributed by atoms with Gasteiger partial charge in [-0.15, -0.1) is 0 Å². The molecule has 0 saturated carbocycles. The third-order valence-corrected chi connectivity index (χ3v) is 2.28. The average molecular weight is 183 g/mol. The number of carbonyl (C=O) groups excluding carboxylic acids is 1. The van der Waals surface area contributed by atoms with Crippen LogP contribution in [0.2, 0.25) is 0 Å². The predicted octanol–water partition coefficient (Wildman–Crippen LogP) is -0.412. The first-order chi connectivity index (χ1) is 6.20. The van der Waals surface area contributed by atoms with Crippen LogP contribution in [0.3, 0.4) is 0 Å². The van der Waals surface area contributed by atoms with E-state index in [0.29, 0.717) is 24.2 Å². The highest BCUT2D eigenvalue weighted by Crippen LogP contribution is 2.25. The minimum absolute atomic E-state index is 0.0659. The van der Waals surface area contributed by atoms with E-state index in [1.165, 1.54) is 4.90 Å². The zero-order valence-corrected chi connectivity index (χ0v) is 6.95. The smallest absolute Gasteiger partial charge is 0.333 e. The first-order valence-corrected chi connectivity index (χ1v) is 4.03. The van der Waals surface area contributed by atoms with Crippen molar-refractivity contribution in [2.75, 3.05) is 19.8 Å². The minimum atomic E-state index is -0.948. The first-order valence-electron chi connectivity index (χ1n) is 4.03. The first kappa shape index (κ1) is 8.25. The molecule has 2 aliphatic heterocycles. The van der Waals surface area contributed by atoms with Crippen LogP contribution in [0.15, 0.2) is 11.3 Å². The normalized spacial score (nSPS) is 22.2. The number of morpholine rings is 1. The highest BCUT2D eigenvalue weighted by atomic mass is 16.5. The van der Waals surface area contributed by atoms with Crippen LogP contribution >= 0.6 is 0 Å². The van der Waals surface area contributed by atoms with Gasteiger partial charge in [0.05, 0.1) is 17.9 Å². The van der Waals surface area contributed by atoms with Crippen molar-refractivity contribution in [1.82, 2.24) is 4.90 Å². The Morgan fingerprint density at radius 2 is 2.23 bits per heavy atom. The van der Waals surface area contributed by atoms with E-state index in [-0.39, 0.29) is 19.1 Å². The second kappa shape index (κ2) is 2.85. The van der Waals surface area contributed by atoms with Gasteiger partial charge < -0.3 is 14.7 Å². The van der Waals surface area contributed by atoms with Crippen molar-refractivity contribution in [2.45, 2.75) is 6.42 Å². The maximum absolute atomic E-state index is 11.2. The number of carbonyl (C=O) groups is 2. The van der Waals surface area contributed by atoms with Crippen LogP contribution in [-0.2, 0) is 14.3 Å². The molecule has 1 amide bonds. The lowest BCUT2D eigenvalue weighted by molar-refractivity contribution is -0.137. The summed E-state index contributed by atoms with van der Waals surface area (Å²) in [7, 11) is 0. The third kappa shape index (κ3) is 1.21. The number of carboxylic acids is 1. The van der Waals surface area contributed by atoms with Gasteiger partial charge in [0.2, 0.25) is 0 Å². The molecular formula is C8H9NO4. The van der Waals surface area contributed by atoms with Crippen LogP contribution < -0.4 is 0 Å². The van der Waals surface area contributed by atoms with Gasteiger partial charge in [0, 0.05) is 6.54 Å². The standard InChI is InChI=1S/C8H9NO4/c10-7-4-13-3-6-5(8(11)12)1-2-9(6)7/h1-4H2,(H,11,12). The molecule has 70 valence electrons. The maximum Gasteiger partial charge on any atom is 0.333 e. The van der Waals surface area contributed by atoms with Crippen LogP contribution in [0.25, 0.3) is 0 Å². The van der Waals surface area contributed by atoms with E-state index < -0.39 is 5.97 Å². The minimum Gasteiger partial charge on any atom is -0.478 e. The van der Waals surface area contributed by atoms with Crippen LogP contribution in [0.4, 0.5) is 0 Å². The summed E-state index contributed by atoms with van der Waals surface area (Å²) in [4.78, 5) is 23.4. The van der Waals surface area contributed by atoms with Crippen LogP contribution in [0.5, 0.6) is 0 Å². The zero-order chi connectivity index (χ0) is 9.42. The summed E-state index contributed by atoms with van der Waals surface area (Å²) in [5.41, 5.74) is 0.844. The summed E-state index contributed by atoms with van der Waals surface area (Å²) < 4.78 is 4.96. The number of aliphatic carboxylic acids is 1. The van der Waals surface area contributed by atoms with Gasteiger partial charge in [0.15, 0.2) is 0 Å². The Balaban J connectivity index is 2.33. The molecule has 1 N–H and O–H groups in total. The molecule has 2 heterocycles. The average Bonchev–Trinajstić information content (AvgIpc) is 2.48. The third-order valence-electron chi connectivity index (χ3n) is 2.28. The van der Waals surface area contributed by atoms with Crippen molar-refractivity contribution in [1.29, 1.82) is 0 Å². The molecule has 0 atom stereocenters. The van der Waals surface area contributed by atoms with Gasteiger partial charge >= 0.3 is 5.97 Å². The van der Waals surface area contributed by atoms with Crippen molar-refractivity contribution in [3.63, 3.8) is 0 Å². The molecule has 2 rings (SSSR count). The van der Waals surface area contributed by atoms with Gasteiger partial charge in [0.1, 0.15) is 6.61 Å². The van der Waals surface area contributed by atoms with Gasteiger partial charge in [-0.2, -0.15) is 0 Å². The van der Waals surface area contributed by atoms with Crippen LogP contribution in [-0.4, -0.2) is 41.6 Å². The molecule has 0 radical (unpaired) electrons. The van der Waals surface area contributed by atoms with Gasteiger partial charge in [-0.1, -0.05) is 0 Å². The molecule has 0 aliphatic carbocycles. The molecule has 0 bridgehead atoms. The number of amides is 1. The SMILES string of the molecule is O=C(O)C1=C2COCC(=O)N2CC1. The fourth-order valence-corrected chi connectivity index (χ4v) is 1.65. The van der Waals surface area contributed by atoms with Crippen LogP contribution in [0, 0.1) is 0 Å². The van der Waals surface area contributed by atoms with E-state index >= 15 is 0 Å². The van der Waals surface area contributed by atoms with Gasteiger partial charge in [-0.25, -0.2) is 4.79 Å². The lowest BCUT2D eigenvalue weighted by Crippen LogP contribution is -2.37. The molecule has 1 saturated heterocycles. The molecule has 0 aromatic heterocycles. The molecule has 0 unspecified atom stereocenters.